The van der Waals surface area contributed by atoms with Crippen molar-refractivity contribution in [3.63, 3.8) is 0 Å². The number of nitrogens with one attached hydrogen (secondary N) is 1. The summed E-state index contributed by atoms with van der Waals surface area (Å²) in [5.41, 5.74) is 2.38. The first-order chi connectivity index (χ1) is 10.6. The van der Waals surface area contributed by atoms with Crippen molar-refractivity contribution in [3.05, 3.63) is 35.4 Å². The van der Waals surface area contributed by atoms with Gasteiger partial charge in [-0.15, -0.1) is 0 Å². The molecule has 3 rings (SSSR count). The van der Waals surface area contributed by atoms with Crippen molar-refractivity contribution in [3.8, 4) is 0 Å². The third-order valence-electron chi connectivity index (χ3n) is 5.03. The lowest BCUT2D eigenvalue weighted by atomic mass is 9.90. The molecule has 2 amide bonds. The van der Waals surface area contributed by atoms with Crippen molar-refractivity contribution in [1.82, 2.24) is 10.2 Å². The molecule has 1 N–H and O–H groups in total. The van der Waals surface area contributed by atoms with Crippen LogP contribution < -0.4 is 5.32 Å². The molecule has 4 heteroatoms. The van der Waals surface area contributed by atoms with Gasteiger partial charge in [-0.1, -0.05) is 31.2 Å². The fraction of sp³-hybridized carbons (Fsp3) is 0.556. The van der Waals surface area contributed by atoms with E-state index < -0.39 is 0 Å². The van der Waals surface area contributed by atoms with Crippen LogP contribution in [0, 0.1) is 11.8 Å². The summed E-state index contributed by atoms with van der Waals surface area (Å²) in [5.74, 6) is 1.48. The SMILES string of the molecule is CC(=O)N1CCc2ccccc2C1CC(=O)NCC1CC1C. The predicted octanol–water partition coefficient (Wildman–Crippen LogP) is 2.29. The number of amides is 2. The van der Waals surface area contributed by atoms with Crippen molar-refractivity contribution in [1.29, 1.82) is 0 Å². The molecular weight excluding hydrogens is 276 g/mol. The highest BCUT2D eigenvalue weighted by molar-refractivity contribution is 5.79. The number of rotatable bonds is 4. The number of hydrogen-bond acceptors (Lipinski definition) is 2. The van der Waals surface area contributed by atoms with Gasteiger partial charge in [0.1, 0.15) is 0 Å². The molecule has 4 nitrogen and oxygen atoms in total. The Balaban J connectivity index is 1.70. The van der Waals surface area contributed by atoms with Gasteiger partial charge in [-0.25, -0.2) is 0 Å². The standard InChI is InChI=1S/C18H24N2O2/c1-12-9-15(12)11-19-18(22)10-17-16-6-4-3-5-14(16)7-8-20(17)13(2)21/h3-6,12,15,17H,7-11H2,1-2H3,(H,19,22). The molecule has 22 heavy (non-hydrogen) atoms. The third-order valence-corrected chi connectivity index (χ3v) is 5.03. The fourth-order valence-corrected chi connectivity index (χ4v) is 3.42. The molecule has 1 aromatic rings. The quantitative estimate of drug-likeness (QED) is 0.927. The molecule has 1 heterocycles. The highest BCUT2D eigenvalue weighted by Crippen LogP contribution is 2.37. The minimum absolute atomic E-state index is 0.0446. The van der Waals surface area contributed by atoms with Crippen molar-refractivity contribution >= 4 is 11.8 Å². The molecule has 1 aromatic carbocycles. The second kappa shape index (κ2) is 6.11. The third kappa shape index (κ3) is 3.16. The number of nitrogens with zero attached hydrogens (tertiary/aromatic N) is 1. The molecule has 0 saturated heterocycles. The van der Waals surface area contributed by atoms with Gasteiger partial charge in [0, 0.05) is 20.0 Å². The summed E-state index contributed by atoms with van der Waals surface area (Å²) < 4.78 is 0. The number of carbonyl (C=O) groups excluding carboxylic acids is 2. The van der Waals surface area contributed by atoms with Gasteiger partial charge >= 0.3 is 0 Å². The van der Waals surface area contributed by atoms with E-state index in [0.717, 1.165) is 24.4 Å². The zero-order valence-electron chi connectivity index (χ0n) is 13.3. The molecule has 3 atom stereocenters. The molecular formula is C18H24N2O2. The first kappa shape index (κ1) is 15.1. The van der Waals surface area contributed by atoms with Crippen LogP contribution in [0.25, 0.3) is 0 Å². The molecule has 3 unspecified atom stereocenters. The number of fused-ring (bicyclic) bond motifs is 1. The van der Waals surface area contributed by atoms with Crippen LogP contribution in [0.15, 0.2) is 24.3 Å². The first-order valence-corrected chi connectivity index (χ1v) is 8.18. The minimum Gasteiger partial charge on any atom is -0.356 e. The molecule has 118 valence electrons. The number of hydrogen-bond donors (Lipinski definition) is 1. The molecule has 1 aliphatic carbocycles. The summed E-state index contributed by atoms with van der Waals surface area (Å²) in [6, 6.07) is 8.03. The normalized spacial score (nSPS) is 26.3. The summed E-state index contributed by atoms with van der Waals surface area (Å²) in [4.78, 5) is 26.0. The zero-order valence-corrected chi connectivity index (χ0v) is 13.3. The summed E-state index contributed by atoms with van der Waals surface area (Å²) in [7, 11) is 0. The molecule has 1 fully saturated rings. The molecule has 2 aliphatic rings. The lowest BCUT2D eigenvalue weighted by Gasteiger charge is -2.36. The Hall–Kier alpha value is -1.84. The summed E-state index contributed by atoms with van der Waals surface area (Å²) in [6.07, 6.45) is 2.44. The Morgan fingerprint density at radius 2 is 2.05 bits per heavy atom. The van der Waals surface area contributed by atoms with Gasteiger partial charge in [-0.05, 0) is 35.8 Å². The van der Waals surface area contributed by atoms with E-state index in [0.29, 0.717) is 18.9 Å². The first-order valence-electron chi connectivity index (χ1n) is 8.18. The number of carbonyl (C=O) groups is 2. The van der Waals surface area contributed by atoms with Gasteiger partial charge in [0.15, 0.2) is 0 Å². The summed E-state index contributed by atoms with van der Waals surface area (Å²) in [6.45, 7) is 5.27. The Morgan fingerprint density at radius 3 is 2.73 bits per heavy atom. The summed E-state index contributed by atoms with van der Waals surface area (Å²) in [5, 5.41) is 3.04. The van der Waals surface area contributed by atoms with Crippen LogP contribution in [0.4, 0.5) is 0 Å². The second-order valence-electron chi connectivity index (χ2n) is 6.66. The lowest BCUT2D eigenvalue weighted by molar-refractivity contribution is -0.133. The van der Waals surface area contributed by atoms with E-state index in [1.54, 1.807) is 6.92 Å². The highest BCUT2D eigenvalue weighted by Gasteiger charge is 2.34. The molecule has 0 aromatic heterocycles. The van der Waals surface area contributed by atoms with Gasteiger partial charge < -0.3 is 10.2 Å². The molecule has 0 bridgehead atoms. The maximum absolute atomic E-state index is 12.3. The Bertz CT molecular complexity index is 584. The van der Waals surface area contributed by atoms with Crippen LogP contribution in [0.2, 0.25) is 0 Å². The van der Waals surface area contributed by atoms with Crippen LogP contribution in [0.3, 0.4) is 0 Å². The van der Waals surface area contributed by atoms with Gasteiger partial charge in [-0.3, -0.25) is 9.59 Å². The van der Waals surface area contributed by atoms with Crippen LogP contribution >= 0.6 is 0 Å². The van der Waals surface area contributed by atoms with E-state index in [4.69, 9.17) is 0 Å². The van der Waals surface area contributed by atoms with Crippen LogP contribution in [-0.4, -0.2) is 29.8 Å². The topological polar surface area (TPSA) is 49.4 Å². The molecule has 1 aliphatic heterocycles. The van der Waals surface area contributed by atoms with E-state index in [-0.39, 0.29) is 17.9 Å². The average molecular weight is 300 g/mol. The molecule has 0 spiro atoms. The van der Waals surface area contributed by atoms with E-state index >= 15 is 0 Å². The second-order valence-corrected chi connectivity index (χ2v) is 6.66. The molecule has 1 saturated carbocycles. The maximum atomic E-state index is 12.3. The zero-order chi connectivity index (χ0) is 15.7. The van der Waals surface area contributed by atoms with E-state index in [2.05, 4.69) is 18.3 Å². The van der Waals surface area contributed by atoms with E-state index in [1.807, 2.05) is 23.1 Å². The smallest absolute Gasteiger partial charge is 0.222 e. The highest BCUT2D eigenvalue weighted by atomic mass is 16.2. The van der Waals surface area contributed by atoms with Crippen LogP contribution in [0.1, 0.15) is 43.9 Å². The minimum atomic E-state index is -0.126. The van der Waals surface area contributed by atoms with E-state index in [9.17, 15) is 9.59 Å². The largest absolute Gasteiger partial charge is 0.356 e. The molecule has 0 radical (unpaired) electrons. The Morgan fingerprint density at radius 1 is 1.32 bits per heavy atom. The Kier molecular flexibility index (Phi) is 4.19. The van der Waals surface area contributed by atoms with Gasteiger partial charge in [0.2, 0.25) is 11.8 Å². The monoisotopic (exact) mass is 300 g/mol. The van der Waals surface area contributed by atoms with Crippen LogP contribution in [0.5, 0.6) is 0 Å². The van der Waals surface area contributed by atoms with E-state index in [1.165, 1.54) is 12.0 Å². The van der Waals surface area contributed by atoms with Crippen molar-refractivity contribution < 1.29 is 9.59 Å². The average Bonchev–Trinajstić information content (AvgIpc) is 3.21. The van der Waals surface area contributed by atoms with Gasteiger partial charge in [-0.2, -0.15) is 0 Å². The summed E-state index contributed by atoms with van der Waals surface area (Å²) >= 11 is 0. The number of benzene rings is 1. The van der Waals surface area contributed by atoms with Crippen molar-refractivity contribution in [2.24, 2.45) is 11.8 Å². The van der Waals surface area contributed by atoms with Crippen molar-refractivity contribution in [2.75, 3.05) is 13.1 Å². The predicted molar refractivity (Wildman–Crippen MR) is 85.2 cm³/mol. The van der Waals surface area contributed by atoms with Crippen LogP contribution in [-0.2, 0) is 16.0 Å². The van der Waals surface area contributed by atoms with Crippen molar-refractivity contribution in [2.45, 2.75) is 39.2 Å². The van der Waals surface area contributed by atoms with Gasteiger partial charge in [0.05, 0.1) is 12.5 Å². The Labute approximate surface area is 131 Å². The lowest BCUT2D eigenvalue weighted by Crippen LogP contribution is -2.41. The fourth-order valence-electron chi connectivity index (χ4n) is 3.42. The van der Waals surface area contributed by atoms with Gasteiger partial charge in [0.25, 0.3) is 0 Å². The maximum Gasteiger partial charge on any atom is 0.222 e.